The second-order valence-electron chi connectivity index (χ2n) is 5.95. The third-order valence-corrected chi connectivity index (χ3v) is 3.82. The maximum Gasteiger partial charge on any atom is 0.277 e. The molecular formula is C19H20N2O. The summed E-state index contributed by atoms with van der Waals surface area (Å²) in [5, 5.41) is 0. The zero-order valence-electron chi connectivity index (χ0n) is 13.0. The van der Waals surface area contributed by atoms with Gasteiger partial charge in [-0.1, -0.05) is 50.2 Å². The number of carbonyl (C=O) groups excluding carboxylic acids is 1. The average Bonchev–Trinajstić information content (AvgIpc) is 2.79. The summed E-state index contributed by atoms with van der Waals surface area (Å²) in [4.78, 5) is 19.2. The van der Waals surface area contributed by atoms with Crippen molar-refractivity contribution in [2.45, 2.75) is 20.3 Å². The second-order valence-corrected chi connectivity index (χ2v) is 5.95. The molecule has 0 spiro atoms. The van der Waals surface area contributed by atoms with Crippen molar-refractivity contribution < 1.29 is 4.79 Å². The van der Waals surface area contributed by atoms with Gasteiger partial charge in [-0.3, -0.25) is 4.79 Å². The lowest BCUT2D eigenvalue weighted by molar-refractivity contribution is -0.112. The molecule has 0 unspecified atom stereocenters. The molecule has 0 aliphatic carbocycles. The number of carbonyl (C=O) groups is 1. The van der Waals surface area contributed by atoms with Crippen LogP contribution in [0.2, 0.25) is 0 Å². The highest BCUT2D eigenvalue weighted by Gasteiger charge is 2.33. The zero-order chi connectivity index (χ0) is 15.5. The van der Waals surface area contributed by atoms with Gasteiger partial charge in [0.1, 0.15) is 5.71 Å². The van der Waals surface area contributed by atoms with E-state index in [0.717, 1.165) is 29.9 Å². The Morgan fingerprint density at radius 3 is 2.41 bits per heavy atom. The van der Waals surface area contributed by atoms with E-state index in [2.05, 4.69) is 18.8 Å². The quantitative estimate of drug-likeness (QED) is 0.831. The molecule has 1 aliphatic rings. The lowest BCUT2D eigenvalue weighted by Gasteiger charge is -2.17. The highest BCUT2D eigenvalue weighted by Crippen LogP contribution is 2.31. The fraction of sp³-hybridized carbons (Fsp3) is 0.263. The maximum atomic E-state index is 12.8. The van der Waals surface area contributed by atoms with Crippen LogP contribution in [-0.2, 0) is 4.79 Å². The van der Waals surface area contributed by atoms with Gasteiger partial charge in [0.25, 0.3) is 5.91 Å². The van der Waals surface area contributed by atoms with E-state index >= 15 is 0 Å². The van der Waals surface area contributed by atoms with Crippen LogP contribution in [0, 0.1) is 5.92 Å². The van der Waals surface area contributed by atoms with Crippen LogP contribution in [0.25, 0.3) is 0 Å². The van der Waals surface area contributed by atoms with Gasteiger partial charge in [0.2, 0.25) is 0 Å². The SMILES string of the molecule is CC(C)CCN1C(=O)C(=Nc2ccccc2)c2ccccc21. The Balaban J connectivity index is 1.99. The van der Waals surface area contributed by atoms with Gasteiger partial charge in [0.05, 0.1) is 11.4 Å². The number of hydrogen-bond acceptors (Lipinski definition) is 2. The van der Waals surface area contributed by atoms with Crippen molar-refractivity contribution in [3.05, 3.63) is 60.2 Å². The van der Waals surface area contributed by atoms with E-state index in [0.29, 0.717) is 11.6 Å². The number of aliphatic imine (C=N–C) groups is 1. The van der Waals surface area contributed by atoms with Gasteiger partial charge in [-0.25, -0.2) is 4.99 Å². The first-order valence-electron chi connectivity index (χ1n) is 7.72. The molecular weight excluding hydrogens is 272 g/mol. The van der Waals surface area contributed by atoms with E-state index < -0.39 is 0 Å². The third kappa shape index (κ3) is 2.80. The largest absolute Gasteiger partial charge is 0.306 e. The van der Waals surface area contributed by atoms with Crippen LogP contribution in [0.5, 0.6) is 0 Å². The summed E-state index contributed by atoms with van der Waals surface area (Å²) in [7, 11) is 0. The number of nitrogens with zero attached hydrogens (tertiary/aromatic N) is 2. The molecule has 22 heavy (non-hydrogen) atoms. The van der Waals surface area contributed by atoms with Gasteiger partial charge in [-0.2, -0.15) is 0 Å². The molecule has 112 valence electrons. The first-order chi connectivity index (χ1) is 10.7. The highest BCUT2D eigenvalue weighted by atomic mass is 16.2. The Labute approximate surface area is 131 Å². The maximum absolute atomic E-state index is 12.8. The van der Waals surface area contributed by atoms with Gasteiger partial charge < -0.3 is 4.90 Å². The molecule has 0 N–H and O–H groups in total. The van der Waals surface area contributed by atoms with Gasteiger partial charge in [-0.15, -0.1) is 0 Å². The molecule has 0 bridgehead atoms. The van der Waals surface area contributed by atoms with Crippen LogP contribution in [0.3, 0.4) is 0 Å². The standard InChI is InChI=1S/C19H20N2O/c1-14(2)12-13-21-17-11-7-6-10-16(17)18(19(21)22)20-15-8-4-3-5-9-15/h3-11,14H,12-13H2,1-2H3. The molecule has 0 aromatic heterocycles. The van der Waals surface area contributed by atoms with Crippen molar-refractivity contribution >= 4 is 23.0 Å². The predicted molar refractivity (Wildman–Crippen MR) is 90.9 cm³/mol. The average molecular weight is 292 g/mol. The third-order valence-electron chi connectivity index (χ3n) is 3.82. The van der Waals surface area contributed by atoms with Gasteiger partial charge in [0.15, 0.2) is 0 Å². The summed E-state index contributed by atoms with van der Waals surface area (Å²) in [5.41, 5.74) is 3.26. The van der Waals surface area contributed by atoms with Gasteiger partial charge >= 0.3 is 0 Å². The van der Waals surface area contributed by atoms with Crippen LogP contribution in [0.4, 0.5) is 11.4 Å². The minimum atomic E-state index is 0.00528. The Kier molecular flexibility index (Phi) is 4.05. The van der Waals surface area contributed by atoms with E-state index in [1.54, 1.807) is 0 Å². The van der Waals surface area contributed by atoms with E-state index in [1.807, 2.05) is 59.5 Å². The van der Waals surface area contributed by atoms with Crippen molar-refractivity contribution in [2.24, 2.45) is 10.9 Å². The highest BCUT2D eigenvalue weighted by molar-refractivity contribution is 6.54. The smallest absolute Gasteiger partial charge is 0.277 e. The molecule has 3 nitrogen and oxygen atoms in total. The molecule has 0 fully saturated rings. The summed E-state index contributed by atoms with van der Waals surface area (Å²) in [5.74, 6) is 0.570. The van der Waals surface area contributed by atoms with Gasteiger partial charge in [0, 0.05) is 12.1 Å². The van der Waals surface area contributed by atoms with Crippen molar-refractivity contribution in [3.8, 4) is 0 Å². The Bertz CT molecular complexity index is 704. The summed E-state index contributed by atoms with van der Waals surface area (Å²) in [6.45, 7) is 5.08. The van der Waals surface area contributed by atoms with Crippen LogP contribution >= 0.6 is 0 Å². The fourth-order valence-corrected chi connectivity index (χ4v) is 2.61. The topological polar surface area (TPSA) is 32.7 Å². The first-order valence-corrected chi connectivity index (χ1v) is 7.72. The number of fused-ring (bicyclic) bond motifs is 1. The second kappa shape index (κ2) is 6.14. The van der Waals surface area contributed by atoms with Crippen LogP contribution in [0.1, 0.15) is 25.8 Å². The van der Waals surface area contributed by atoms with Crippen LogP contribution < -0.4 is 4.90 Å². The molecule has 2 aromatic carbocycles. The summed E-state index contributed by atoms with van der Waals surface area (Å²) in [6, 6.07) is 17.6. The summed E-state index contributed by atoms with van der Waals surface area (Å²) < 4.78 is 0. The Morgan fingerprint density at radius 2 is 1.68 bits per heavy atom. The molecule has 1 heterocycles. The lowest BCUT2D eigenvalue weighted by atomic mass is 10.1. The van der Waals surface area contributed by atoms with Crippen molar-refractivity contribution in [3.63, 3.8) is 0 Å². The number of amides is 1. The number of para-hydroxylation sites is 2. The number of hydrogen-bond donors (Lipinski definition) is 0. The normalized spacial score (nSPS) is 15.7. The monoisotopic (exact) mass is 292 g/mol. The zero-order valence-corrected chi connectivity index (χ0v) is 13.0. The Morgan fingerprint density at radius 1 is 1.00 bits per heavy atom. The first kappa shape index (κ1) is 14.5. The van der Waals surface area contributed by atoms with E-state index in [9.17, 15) is 4.79 Å². The molecule has 2 aromatic rings. The van der Waals surface area contributed by atoms with Crippen molar-refractivity contribution in [1.29, 1.82) is 0 Å². The van der Waals surface area contributed by atoms with Crippen molar-refractivity contribution in [2.75, 3.05) is 11.4 Å². The van der Waals surface area contributed by atoms with E-state index in [4.69, 9.17) is 0 Å². The fourth-order valence-electron chi connectivity index (χ4n) is 2.61. The minimum absolute atomic E-state index is 0.00528. The summed E-state index contributed by atoms with van der Waals surface area (Å²) >= 11 is 0. The van der Waals surface area contributed by atoms with Crippen LogP contribution in [-0.4, -0.2) is 18.2 Å². The number of rotatable bonds is 4. The molecule has 0 radical (unpaired) electrons. The molecule has 3 rings (SSSR count). The lowest BCUT2D eigenvalue weighted by Crippen LogP contribution is -2.31. The molecule has 1 amide bonds. The number of benzene rings is 2. The van der Waals surface area contributed by atoms with E-state index in [1.165, 1.54) is 0 Å². The summed E-state index contributed by atoms with van der Waals surface area (Å²) in [6.07, 6.45) is 0.985. The van der Waals surface area contributed by atoms with Crippen LogP contribution in [0.15, 0.2) is 59.6 Å². The molecule has 0 saturated carbocycles. The molecule has 0 saturated heterocycles. The van der Waals surface area contributed by atoms with E-state index in [-0.39, 0.29) is 5.91 Å². The van der Waals surface area contributed by atoms with Gasteiger partial charge in [-0.05, 0) is 30.5 Å². The predicted octanol–water partition coefficient (Wildman–Crippen LogP) is 4.20. The molecule has 1 aliphatic heterocycles. The molecule has 0 atom stereocenters. The molecule has 3 heteroatoms. The minimum Gasteiger partial charge on any atom is -0.306 e. The van der Waals surface area contributed by atoms with Crippen molar-refractivity contribution in [1.82, 2.24) is 0 Å². The Hall–Kier alpha value is -2.42. The number of anilines is 1.